The van der Waals surface area contributed by atoms with Crippen molar-refractivity contribution >= 4 is 10.9 Å². The Morgan fingerprint density at radius 3 is 2.12 bits per heavy atom. The highest BCUT2D eigenvalue weighted by atomic mass is 16.3. The minimum atomic E-state index is -0.628. The van der Waals surface area contributed by atoms with E-state index in [1.807, 2.05) is 30.3 Å². The van der Waals surface area contributed by atoms with Gasteiger partial charge < -0.3 is 15.4 Å². The van der Waals surface area contributed by atoms with Crippen LogP contribution in [0, 0.1) is 0 Å². The van der Waals surface area contributed by atoms with Crippen LogP contribution in [0.3, 0.4) is 0 Å². The highest BCUT2D eigenvalue weighted by Crippen LogP contribution is 2.35. The fourth-order valence-corrected chi connectivity index (χ4v) is 4.91. The Balaban J connectivity index is 1.69. The number of hydrogen-bond donors (Lipinski definition) is 3. The van der Waals surface area contributed by atoms with Crippen molar-refractivity contribution in [1.29, 1.82) is 0 Å². The second-order valence-electron chi connectivity index (χ2n) is 8.37. The third-order valence-electron chi connectivity index (χ3n) is 6.45. The molecule has 5 aromatic rings. The number of H-pyrrole nitrogens is 1. The summed E-state index contributed by atoms with van der Waals surface area (Å²) in [5, 5.41) is 15.9. The van der Waals surface area contributed by atoms with Gasteiger partial charge >= 0.3 is 5.69 Å². The van der Waals surface area contributed by atoms with Gasteiger partial charge in [-0.2, -0.15) is 0 Å². The fourth-order valence-electron chi connectivity index (χ4n) is 4.91. The Labute approximate surface area is 194 Å². The highest BCUT2D eigenvalue weighted by Gasteiger charge is 2.32. The van der Waals surface area contributed by atoms with Gasteiger partial charge in [0, 0.05) is 23.1 Å². The van der Waals surface area contributed by atoms with Crippen molar-refractivity contribution in [3.05, 3.63) is 123 Å². The number of benzene rings is 3. The predicted molar refractivity (Wildman–Crippen MR) is 131 cm³/mol. The largest absolute Gasteiger partial charge is 0.494 e. The molecule has 1 atom stereocenters. The molecule has 3 aromatic carbocycles. The lowest BCUT2D eigenvalue weighted by atomic mass is 9.95. The molecule has 0 aliphatic carbocycles. The van der Waals surface area contributed by atoms with E-state index in [2.05, 4.69) is 16.4 Å². The lowest BCUT2D eigenvalue weighted by molar-refractivity contribution is 0.406. The minimum Gasteiger partial charge on any atom is -0.494 e. The number of para-hydroxylation sites is 3. The average molecular weight is 450 g/mol. The van der Waals surface area contributed by atoms with Crippen LogP contribution in [-0.4, -0.2) is 25.8 Å². The third-order valence-corrected chi connectivity index (χ3v) is 6.45. The van der Waals surface area contributed by atoms with Crippen molar-refractivity contribution in [2.45, 2.75) is 12.5 Å². The van der Waals surface area contributed by atoms with Gasteiger partial charge in [-0.25, -0.2) is 13.9 Å². The topological polar surface area (TPSA) is 92.1 Å². The number of rotatable bonds is 3. The summed E-state index contributed by atoms with van der Waals surface area (Å²) in [7, 11) is 0. The molecule has 3 N–H and O–H groups in total. The van der Waals surface area contributed by atoms with Crippen molar-refractivity contribution in [1.82, 2.24) is 19.4 Å². The zero-order valence-electron chi connectivity index (χ0n) is 18.2. The van der Waals surface area contributed by atoms with Crippen LogP contribution in [-0.2, 0) is 6.42 Å². The first-order chi connectivity index (χ1) is 16.6. The molecule has 34 heavy (non-hydrogen) atoms. The van der Waals surface area contributed by atoms with Crippen molar-refractivity contribution in [2.24, 2.45) is 0 Å². The molecule has 0 radical (unpaired) electrons. The van der Waals surface area contributed by atoms with Crippen LogP contribution in [0.4, 0.5) is 0 Å². The van der Waals surface area contributed by atoms with E-state index in [4.69, 9.17) is 0 Å². The quantitative estimate of drug-likeness (QED) is 0.393. The van der Waals surface area contributed by atoms with E-state index in [0.717, 1.165) is 33.1 Å². The summed E-state index contributed by atoms with van der Waals surface area (Å²) in [5.74, 6) is -0.364. The van der Waals surface area contributed by atoms with Gasteiger partial charge in [-0.1, -0.05) is 54.6 Å². The van der Waals surface area contributed by atoms with Crippen LogP contribution in [0.2, 0.25) is 0 Å². The molecule has 7 nitrogen and oxygen atoms in total. The molecule has 1 aliphatic rings. The fraction of sp³-hybridized carbons (Fsp3) is 0.111. The number of fused-ring (bicyclic) bond motifs is 3. The lowest BCUT2D eigenvalue weighted by Gasteiger charge is -2.26. The molecule has 0 saturated heterocycles. The first kappa shape index (κ1) is 20.3. The molecule has 0 spiro atoms. The van der Waals surface area contributed by atoms with Crippen LogP contribution < -0.4 is 16.6 Å². The molecule has 168 valence electrons. The van der Waals surface area contributed by atoms with Gasteiger partial charge in [-0.15, -0.1) is 0 Å². The van der Waals surface area contributed by atoms with E-state index in [0.29, 0.717) is 17.9 Å². The summed E-state index contributed by atoms with van der Waals surface area (Å²) in [5.41, 5.74) is 2.78. The summed E-state index contributed by atoms with van der Waals surface area (Å²) in [6.07, 6.45) is 0.793. The van der Waals surface area contributed by atoms with Gasteiger partial charge in [0.25, 0.3) is 5.56 Å². The maximum Gasteiger partial charge on any atom is 0.343 e. The second-order valence-corrected chi connectivity index (χ2v) is 8.37. The van der Waals surface area contributed by atoms with Crippen molar-refractivity contribution in [2.75, 3.05) is 6.54 Å². The second kappa shape index (κ2) is 7.90. The Morgan fingerprint density at radius 1 is 0.794 bits per heavy atom. The standard InChI is InChI=1S/C27H22N4O3/c32-25-22(24-23-20(15-16-28-24)19-13-7-8-14-21(19)29-23)26(33)31(18-11-5-2-6-12-18)27(34)30(25)17-9-3-1-4-10-17/h1-14,24,28-29,32H,15-16H2. The smallest absolute Gasteiger partial charge is 0.343 e. The molecule has 2 aromatic heterocycles. The summed E-state index contributed by atoms with van der Waals surface area (Å²) in [6, 6.07) is 25.1. The van der Waals surface area contributed by atoms with Gasteiger partial charge in [0.2, 0.25) is 5.88 Å². The molecule has 1 unspecified atom stereocenters. The molecule has 6 rings (SSSR count). The lowest BCUT2D eigenvalue weighted by Crippen LogP contribution is -2.43. The zero-order valence-corrected chi connectivity index (χ0v) is 18.2. The van der Waals surface area contributed by atoms with E-state index in [1.54, 1.807) is 48.5 Å². The van der Waals surface area contributed by atoms with Crippen molar-refractivity contribution in [3.63, 3.8) is 0 Å². The Hall–Kier alpha value is -4.36. The summed E-state index contributed by atoms with van der Waals surface area (Å²) < 4.78 is 2.32. The van der Waals surface area contributed by atoms with Gasteiger partial charge in [-0.3, -0.25) is 4.79 Å². The van der Waals surface area contributed by atoms with Gasteiger partial charge in [0.05, 0.1) is 17.4 Å². The Bertz CT molecular complexity index is 1630. The monoisotopic (exact) mass is 450 g/mol. The van der Waals surface area contributed by atoms with Crippen LogP contribution in [0.5, 0.6) is 5.88 Å². The van der Waals surface area contributed by atoms with E-state index in [-0.39, 0.29) is 11.4 Å². The summed E-state index contributed by atoms with van der Waals surface area (Å²) in [6.45, 7) is 0.633. The number of hydrogen-bond acceptors (Lipinski definition) is 4. The Morgan fingerprint density at radius 2 is 1.41 bits per heavy atom. The molecular formula is C27H22N4O3. The molecule has 0 bridgehead atoms. The first-order valence-electron chi connectivity index (χ1n) is 11.2. The molecule has 7 heteroatoms. The van der Waals surface area contributed by atoms with Gasteiger partial charge in [0.15, 0.2) is 0 Å². The van der Waals surface area contributed by atoms with Crippen molar-refractivity contribution in [3.8, 4) is 17.3 Å². The van der Waals surface area contributed by atoms with E-state index in [1.165, 1.54) is 4.57 Å². The van der Waals surface area contributed by atoms with Crippen LogP contribution >= 0.6 is 0 Å². The van der Waals surface area contributed by atoms with E-state index < -0.39 is 17.3 Å². The zero-order chi connectivity index (χ0) is 23.2. The highest BCUT2D eigenvalue weighted by molar-refractivity contribution is 5.85. The number of nitrogens with one attached hydrogen (secondary N) is 2. The molecular weight excluding hydrogens is 428 g/mol. The first-order valence-corrected chi connectivity index (χ1v) is 11.2. The van der Waals surface area contributed by atoms with Gasteiger partial charge in [0.1, 0.15) is 5.56 Å². The Kier molecular flexibility index (Phi) is 4.71. The molecule has 0 fully saturated rings. The maximum absolute atomic E-state index is 13.9. The minimum absolute atomic E-state index is 0.125. The van der Waals surface area contributed by atoms with E-state index in [9.17, 15) is 14.7 Å². The molecule has 1 aliphatic heterocycles. The van der Waals surface area contributed by atoms with Crippen LogP contribution in [0.15, 0.2) is 94.5 Å². The summed E-state index contributed by atoms with van der Waals surface area (Å²) in [4.78, 5) is 30.9. The SMILES string of the molecule is O=c1c(C2NCCc3c2[nH]c2ccccc32)c(O)n(-c2ccccc2)c(=O)n1-c1ccccc1. The van der Waals surface area contributed by atoms with Gasteiger partial charge in [-0.05, 0) is 42.3 Å². The molecule has 0 saturated carbocycles. The average Bonchev–Trinajstić information content (AvgIpc) is 3.25. The van der Waals surface area contributed by atoms with Crippen LogP contribution in [0.25, 0.3) is 22.3 Å². The number of nitrogens with zero attached hydrogens (tertiary/aromatic N) is 2. The number of aromatic hydroxyl groups is 1. The third kappa shape index (κ3) is 3.02. The number of aromatic amines is 1. The predicted octanol–water partition coefficient (Wildman–Crippen LogP) is 3.41. The van der Waals surface area contributed by atoms with Crippen molar-refractivity contribution < 1.29 is 5.11 Å². The van der Waals surface area contributed by atoms with E-state index >= 15 is 0 Å². The summed E-state index contributed by atoms with van der Waals surface area (Å²) >= 11 is 0. The molecule has 3 heterocycles. The number of aromatic nitrogens is 3. The molecule has 0 amide bonds. The maximum atomic E-state index is 13.9. The normalized spacial score (nSPS) is 15.4. The van der Waals surface area contributed by atoms with Crippen LogP contribution in [0.1, 0.15) is 22.9 Å².